The van der Waals surface area contributed by atoms with E-state index >= 15 is 0 Å². The van der Waals surface area contributed by atoms with E-state index in [0.717, 1.165) is 4.70 Å². The lowest BCUT2D eigenvalue weighted by atomic mass is 9.88. The van der Waals surface area contributed by atoms with Crippen molar-refractivity contribution in [1.82, 2.24) is 19.9 Å². The molecule has 0 aliphatic heterocycles. The molecular formula is C23H27F5N6O3S. The highest BCUT2D eigenvalue weighted by Crippen LogP contribution is 2.41. The Kier molecular flexibility index (Phi) is 7.27. The number of aromatic nitrogens is 4. The summed E-state index contributed by atoms with van der Waals surface area (Å²) >= 11 is 1.27. The predicted molar refractivity (Wildman–Crippen MR) is 131 cm³/mol. The van der Waals surface area contributed by atoms with Gasteiger partial charge in [-0.3, -0.25) is 4.98 Å². The Morgan fingerprint density at radius 3 is 2.29 bits per heavy atom. The van der Waals surface area contributed by atoms with Crippen LogP contribution >= 0.6 is 11.3 Å². The summed E-state index contributed by atoms with van der Waals surface area (Å²) < 4.78 is 65.9. The van der Waals surface area contributed by atoms with Crippen molar-refractivity contribution in [2.24, 2.45) is 5.92 Å². The number of rotatable bonds is 7. The van der Waals surface area contributed by atoms with Gasteiger partial charge in [-0.05, 0) is 40.2 Å². The van der Waals surface area contributed by atoms with Gasteiger partial charge in [-0.25, -0.2) is 9.97 Å². The molecule has 1 saturated carbocycles. The first-order valence-corrected chi connectivity index (χ1v) is 12.5. The van der Waals surface area contributed by atoms with Crippen LogP contribution in [0.25, 0.3) is 20.8 Å². The van der Waals surface area contributed by atoms with E-state index in [1.165, 1.54) is 32.1 Å². The predicted octanol–water partition coefficient (Wildman–Crippen LogP) is 3.67. The van der Waals surface area contributed by atoms with E-state index in [-0.39, 0.29) is 17.9 Å². The number of nitrogens with zero attached hydrogens (tertiary/aromatic N) is 4. The van der Waals surface area contributed by atoms with Crippen LogP contribution in [0.3, 0.4) is 0 Å². The molecule has 208 valence electrons. The highest BCUT2D eigenvalue weighted by atomic mass is 32.1. The van der Waals surface area contributed by atoms with Gasteiger partial charge in [0.05, 0.1) is 45.9 Å². The van der Waals surface area contributed by atoms with Gasteiger partial charge in [-0.1, -0.05) is 0 Å². The molecule has 0 bridgehead atoms. The molecule has 3 aromatic rings. The molecule has 0 amide bonds. The lowest BCUT2D eigenvalue weighted by molar-refractivity contribution is -0.275. The largest absolute Gasteiger partial charge is 0.455 e. The summed E-state index contributed by atoms with van der Waals surface area (Å²) in [5.74, 6) is -6.23. The van der Waals surface area contributed by atoms with Crippen LogP contribution in [-0.2, 0) is 0 Å². The molecule has 4 rings (SSSR count). The number of aliphatic hydroxyl groups excluding tert-OH is 2. The summed E-state index contributed by atoms with van der Waals surface area (Å²) in [5.41, 5.74) is 0.509. The molecule has 4 unspecified atom stereocenters. The zero-order chi connectivity index (χ0) is 28.2. The molecule has 1 aliphatic carbocycles. The summed E-state index contributed by atoms with van der Waals surface area (Å²) in [6.07, 6.45) is -6.64. The highest BCUT2D eigenvalue weighted by molar-refractivity contribution is 7.21. The quantitative estimate of drug-likeness (QED) is 0.273. The Bertz CT molecular complexity index is 1330. The van der Waals surface area contributed by atoms with Crippen LogP contribution in [-0.4, -0.2) is 77.7 Å². The van der Waals surface area contributed by atoms with E-state index in [4.69, 9.17) is 0 Å². The Morgan fingerprint density at radius 2 is 1.71 bits per heavy atom. The first-order chi connectivity index (χ1) is 17.5. The zero-order valence-corrected chi connectivity index (χ0v) is 21.6. The molecule has 0 aromatic carbocycles. The first kappa shape index (κ1) is 28.3. The molecule has 3 aromatic heterocycles. The van der Waals surface area contributed by atoms with Gasteiger partial charge >= 0.3 is 12.1 Å². The summed E-state index contributed by atoms with van der Waals surface area (Å²) in [5, 5.41) is 37.0. The van der Waals surface area contributed by atoms with Gasteiger partial charge in [-0.15, -0.1) is 11.3 Å². The summed E-state index contributed by atoms with van der Waals surface area (Å²) in [6, 6.07) is 0.921. The molecule has 5 N–H and O–H groups in total. The van der Waals surface area contributed by atoms with Gasteiger partial charge in [0, 0.05) is 12.1 Å². The van der Waals surface area contributed by atoms with Crippen molar-refractivity contribution in [2.75, 3.05) is 17.2 Å². The Labute approximate surface area is 218 Å². The third-order valence-corrected chi connectivity index (χ3v) is 7.63. The maximum absolute atomic E-state index is 13.5. The topological polar surface area (TPSA) is 136 Å². The van der Waals surface area contributed by atoms with Gasteiger partial charge < -0.3 is 26.0 Å². The van der Waals surface area contributed by atoms with Gasteiger partial charge in [0.1, 0.15) is 22.4 Å². The van der Waals surface area contributed by atoms with Crippen molar-refractivity contribution in [3.05, 3.63) is 23.7 Å². The molecule has 15 heteroatoms. The number of pyridine rings is 1. The number of halogens is 5. The van der Waals surface area contributed by atoms with E-state index in [2.05, 4.69) is 25.3 Å². The molecule has 1 aliphatic rings. The van der Waals surface area contributed by atoms with Crippen LogP contribution in [0.4, 0.5) is 33.7 Å². The Morgan fingerprint density at radius 1 is 1.03 bits per heavy atom. The summed E-state index contributed by atoms with van der Waals surface area (Å²) in [6.45, 7) is 4.50. The minimum absolute atomic E-state index is 0.00707. The van der Waals surface area contributed by atoms with Crippen LogP contribution in [0.2, 0.25) is 0 Å². The maximum atomic E-state index is 13.5. The molecular weight excluding hydrogens is 535 g/mol. The van der Waals surface area contributed by atoms with Crippen LogP contribution < -0.4 is 10.6 Å². The summed E-state index contributed by atoms with van der Waals surface area (Å²) in [7, 11) is 0. The lowest BCUT2D eigenvalue weighted by Gasteiger charge is -2.28. The van der Waals surface area contributed by atoms with E-state index in [1.807, 2.05) is 5.32 Å². The molecule has 0 radical (unpaired) electrons. The molecule has 38 heavy (non-hydrogen) atoms. The van der Waals surface area contributed by atoms with E-state index in [1.54, 1.807) is 19.2 Å². The van der Waals surface area contributed by atoms with Gasteiger partial charge in [0.25, 0.3) is 0 Å². The second-order valence-electron chi connectivity index (χ2n) is 9.90. The van der Waals surface area contributed by atoms with Gasteiger partial charge in [0.15, 0.2) is 0 Å². The van der Waals surface area contributed by atoms with Crippen molar-refractivity contribution in [2.45, 2.75) is 70.1 Å². The third kappa shape index (κ3) is 5.37. The maximum Gasteiger partial charge on any atom is 0.455 e. The van der Waals surface area contributed by atoms with Crippen molar-refractivity contribution >= 4 is 33.3 Å². The highest BCUT2D eigenvalue weighted by Gasteiger charge is 2.57. The monoisotopic (exact) mass is 562 g/mol. The lowest BCUT2D eigenvalue weighted by Crippen LogP contribution is -2.42. The number of hydrogen-bond donors (Lipinski definition) is 5. The molecule has 1 fully saturated rings. The van der Waals surface area contributed by atoms with Crippen molar-refractivity contribution in [3.8, 4) is 10.6 Å². The number of nitrogens with one attached hydrogen (secondary N) is 2. The number of alkyl halides is 5. The number of aliphatic hydroxyl groups is 3. The van der Waals surface area contributed by atoms with E-state index < -0.39 is 54.4 Å². The molecule has 9 nitrogen and oxygen atoms in total. The smallest absolute Gasteiger partial charge is 0.390 e. The van der Waals surface area contributed by atoms with Crippen molar-refractivity contribution in [3.63, 3.8) is 0 Å². The van der Waals surface area contributed by atoms with Gasteiger partial charge in [-0.2, -0.15) is 26.9 Å². The average Bonchev–Trinajstić information content (AvgIpc) is 3.34. The molecule has 4 atom stereocenters. The first-order valence-electron chi connectivity index (χ1n) is 11.6. The fourth-order valence-electron chi connectivity index (χ4n) is 4.45. The second kappa shape index (κ2) is 9.77. The number of fused-ring (bicyclic) bond motifs is 1. The molecule has 0 saturated heterocycles. The number of hydrogen-bond acceptors (Lipinski definition) is 10. The summed E-state index contributed by atoms with van der Waals surface area (Å²) in [4.78, 5) is 17.1. The minimum atomic E-state index is -5.76. The zero-order valence-electron chi connectivity index (χ0n) is 20.8. The van der Waals surface area contributed by atoms with Crippen LogP contribution in [0, 0.1) is 19.8 Å². The normalized spacial score (nSPS) is 22.7. The van der Waals surface area contributed by atoms with Crippen LogP contribution in [0.5, 0.6) is 0 Å². The van der Waals surface area contributed by atoms with Crippen LogP contribution in [0.15, 0.2) is 12.3 Å². The molecule has 3 heterocycles. The van der Waals surface area contributed by atoms with E-state index in [0.29, 0.717) is 21.8 Å². The third-order valence-electron chi connectivity index (χ3n) is 6.59. The van der Waals surface area contributed by atoms with Crippen molar-refractivity contribution in [1.29, 1.82) is 0 Å². The second-order valence-corrected chi connectivity index (χ2v) is 10.9. The minimum Gasteiger partial charge on any atom is -0.390 e. The van der Waals surface area contributed by atoms with Gasteiger partial charge in [0.2, 0.25) is 5.95 Å². The number of thiazole rings is 1. The fraction of sp³-hybridized carbons (Fsp3) is 0.565. The van der Waals surface area contributed by atoms with Crippen LogP contribution in [0.1, 0.15) is 31.7 Å². The standard InChI is InChI=1S/C23H27F5N6O3S/c1-9-14(19-33-15-10(2)29-6-5-13(15)38-19)18(32-12-7-11(21(3,4)37)16(35)17(12)36)34-20(31-9)30-8-22(24,25)23(26,27)28/h5-6,11-12,16-17,35-37H,7-8H2,1-4H3,(H2,30,31,32,34). The Hall–Kier alpha value is -2.75. The SMILES string of the molecule is Cc1nc(NCC(F)(F)C(F)(F)F)nc(NC2CC(C(C)(C)O)C(O)C2O)c1-c1nc2c(C)nccc2s1. The number of aryl methyl sites for hydroxylation is 2. The Balaban J connectivity index is 1.75. The van der Waals surface area contributed by atoms with Crippen molar-refractivity contribution < 1.29 is 37.3 Å². The molecule has 0 spiro atoms. The average molecular weight is 563 g/mol. The number of anilines is 2. The fourth-order valence-corrected chi connectivity index (χ4v) is 5.56. The van der Waals surface area contributed by atoms with E-state index in [9.17, 15) is 37.3 Å².